The molecule has 0 aromatic heterocycles. The Bertz CT molecular complexity index is 832. The molecule has 1 heterocycles. The SMILES string of the molecule is Cc1cccc(C)c1N1c2c(C)cccc2Cc2cccc(C)c21. The topological polar surface area (TPSA) is 3.24 Å². The Morgan fingerprint density at radius 2 is 0.917 bits per heavy atom. The highest BCUT2D eigenvalue weighted by Gasteiger charge is 2.28. The van der Waals surface area contributed by atoms with Crippen molar-refractivity contribution >= 4 is 17.1 Å². The maximum atomic E-state index is 2.50. The van der Waals surface area contributed by atoms with Gasteiger partial charge in [0, 0.05) is 6.42 Å². The molecule has 3 aromatic carbocycles. The van der Waals surface area contributed by atoms with Crippen LogP contribution in [-0.4, -0.2) is 0 Å². The van der Waals surface area contributed by atoms with Gasteiger partial charge >= 0.3 is 0 Å². The van der Waals surface area contributed by atoms with Gasteiger partial charge in [0.25, 0.3) is 0 Å². The van der Waals surface area contributed by atoms with Crippen LogP contribution in [0.5, 0.6) is 0 Å². The third kappa shape index (κ3) is 2.16. The van der Waals surface area contributed by atoms with Crippen molar-refractivity contribution in [2.45, 2.75) is 34.1 Å². The van der Waals surface area contributed by atoms with E-state index in [2.05, 4.69) is 87.2 Å². The fourth-order valence-corrected chi connectivity index (χ4v) is 4.06. The van der Waals surface area contributed by atoms with Crippen LogP contribution in [0.3, 0.4) is 0 Å². The Kier molecular flexibility index (Phi) is 3.45. The summed E-state index contributed by atoms with van der Waals surface area (Å²) in [5.74, 6) is 0. The van der Waals surface area contributed by atoms with Gasteiger partial charge in [0.2, 0.25) is 0 Å². The maximum absolute atomic E-state index is 2.50. The van der Waals surface area contributed by atoms with Gasteiger partial charge in [0.1, 0.15) is 0 Å². The summed E-state index contributed by atoms with van der Waals surface area (Å²) in [7, 11) is 0. The molecule has 0 saturated carbocycles. The number of hydrogen-bond donors (Lipinski definition) is 0. The zero-order valence-corrected chi connectivity index (χ0v) is 14.9. The minimum Gasteiger partial charge on any atom is -0.309 e. The number of benzene rings is 3. The summed E-state index contributed by atoms with van der Waals surface area (Å²) in [4.78, 5) is 2.50. The monoisotopic (exact) mass is 313 g/mol. The minimum atomic E-state index is 1.01. The van der Waals surface area contributed by atoms with Gasteiger partial charge in [-0.1, -0.05) is 54.6 Å². The molecule has 1 aliphatic rings. The summed E-state index contributed by atoms with van der Waals surface area (Å²) in [6, 6.07) is 19.9. The second-order valence-electron chi connectivity index (χ2n) is 6.92. The molecule has 0 fully saturated rings. The van der Waals surface area contributed by atoms with Gasteiger partial charge in [0.05, 0.1) is 17.1 Å². The lowest BCUT2D eigenvalue weighted by Gasteiger charge is -2.37. The first-order valence-corrected chi connectivity index (χ1v) is 8.61. The van der Waals surface area contributed by atoms with Gasteiger partial charge < -0.3 is 4.90 Å². The van der Waals surface area contributed by atoms with Crippen molar-refractivity contribution in [3.05, 3.63) is 88.0 Å². The van der Waals surface area contributed by atoms with Crippen molar-refractivity contribution in [2.24, 2.45) is 0 Å². The summed E-state index contributed by atoms with van der Waals surface area (Å²) >= 11 is 0. The standard InChI is InChI=1S/C23H23N/c1-15-8-5-9-16(2)21(15)24-22-17(3)10-6-12-19(22)14-20-13-7-11-18(4)23(20)24/h5-13H,14H2,1-4H3. The quantitative estimate of drug-likeness (QED) is 0.399. The van der Waals surface area contributed by atoms with Crippen LogP contribution < -0.4 is 4.90 Å². The molecule has 0 N–H and O–H groups in total. The molecule has 24 heavy (non-hydrogen) atoms. The first-order chi connectivity index (χ1) is 11.6. The summed E-state index contributed by atoms with van der Waals surface area (Å²) < 4.78 is 0. The highest BCUT2D eigenvalue weighted by atomic mass is 15.2. The average molecular weight is 313 g/mol. The molecule has 1 nitrogen and oxygen atoms in total. The first-order valence-electron chi connectivity index (χ1n) is 8.61. The smallest absolute Gasteiger partial charge is 0.0526 e. The van der Waals surface area contributed by atoms with Crippen LogP contribution in [0.4, 0.5) is 17.1 Å². The maximum Gasteiger partial charge on any atom is 0.0526 e. The van der Waals surface area contributed by atoms with Crippen LogP contribution in [0, 0.1) is 27.7 Å². The van der Waals surface area contributed by atoms with E-state index in [1.807, 2.05) is 0 Å². The number of fused-ring (bicyclic) bond motifs is 2. The van der Waals surface area contributed by atoms with Gasteiger partial charge in [-0.2, -0.15) is 0 Å². The first kappa shape index (κ1) is 15.0. The van der Waals surface area contributed by atoms with Crippen LogP contribution in [0.2, 0.25) is 0 Å². The predicted molar refractivity (Wildman–Crippen MR) is 103 cm³/mol. The Hall–Kier alpha value is -2.54. The number of nitrogens with zero attached hydrogens (tertiary/aromatic N) is 1. The molecule has 0 amide bonds. The number of hydrogen-bond acceptors (Lipinski definition) is 1. The van der Waals surface area contributed by atoms with E-state index in [-0.39, 0.29) is 0 Å². The number of para-hydroxylation sites is 3. The third-order valence-corrected chi connectivity index (χ3v) is 5.13. The van der Waals surface area contributed by atoms with E-state index >= 15 is 0 Å². The number of anilines is 3. The Morgan fingerprint density at radius 3 is 1.38 bits per heavy atom. The molecular formula is C23H23N. The van der Waals surface area contributed by atoms with Gasteiger partial charge in [0.15, 0.2) is 0 Å². The number of rotatable bonds is 1. The molecule has 0 unspecified atom stereocenters. The Morgan fingerprint density at radius 1 is 0.542 bits per heavy atom. The average Bonchev–Trinajstić information content (AvgIpc) is 2.54. The van der Waals surface area contributed by atoms with E-state index < -0.39 is 0 Å². The van der Waals surface area contributed by atoms with Crippen LogP contribution in [0.1, 0.15) is 33.4 Å². The van der Waals surface area contributed by atoms with Crippen molar-refractivity contribution in [1.29, 1.82) is 0 Å². The molecular weight excluding hydrogens is 290 g/mol. The molecule has 4 rings (SSSR count). The van der Waals surface area contributed by atoms with Crippen LogP contribution in [-0.2, 0) is 6.42 Å². The summed E-state index contributed by atoms with van der Waals surface area (Å²) in [6.07, 6.45) is 1.01. The van der Waals surface area contributed by atoms with E-state index in [4.69, 9.17) is 0 Å². The summed E-state index contributed by atoms with van der Waals surface area (Å²) in [5.41, 5.74) is 12.2. The van der Waals surface area contributed by atoms with Gasteiger partial charge in [-0.25, -0.2) is 0 Å². The van der Waals surface area contributed by atoms with Gasteiger partial charge in [-0.15, -0.1) is 0 Å². The second kappa shape index (κ2) is 5.52. The van der Waals surface area contributed by atoms with E-state index in [1.165, 1.54) is 50.4 Å². The summed E-state index contributed by atoms with van der Waals surface area (Å²) in [5, 5.41) is 0. The van der Waals surface area contributed by atoms with Crippen LogP contribution in [0.25, 0.3) is 0 Å². The highest BCUT2D eigenvalue weighted by Crippen LogP contribution is 2.48. The lowest BCUT2D eigenvalue weighted by Crippen LogP contribution is -2.22. The van der Waals surface area contributed by atoms with Crippen molar-refractivity contribution in [3.63, 3.8) is 0 Å². The van der Waals surface area contributed by atoms with Crippen molar-refractivity contribution < 1.29 is 0 Å². The second-order valence-corrected chi connectivity index (χ2v) is 6.92. The molecule has 0 aliphatic carbocycles. The molecule has 120 valence electrons. The normalized spacial score (nSPS) is 12.8. The Labute approximate surface area is 144 Å². The predicted octanol–water partition coefficient (Wildman–Crippen LogP) is 6.29. The molecule has 0 spiro atoms. The fraction of sp³-hybridized carbons (Fsp3) is 0.217. The molecule has 0 radical (unpaired) electrons. The molecule has 0 atom stereocenters. The highest BCUT2D eigenvalue weighted by molar-refractivity contribution is 5.88. The minimum absolute atomic E-state index is 1.01. The summed E-state index contributed by atoms with van der Waals surface area (Å²) in [6.45, 7) is 8.88. The zero-order chi connectivity index (χ0) is 16.8. The van der Waals surface area contributed by atoms with Crippen LogP contribution >= 0.6 is 0 Å². The van der Waals surface area contributed by atoms with E-state index in [1.54, 1.807) is 0 Å². The molecule has 0 bridgehead atoms. The lowest BCUT2D eigenvalue weighted by molar-refractivity contribution is 1.05. The lowest BCUT2D eigenvalue weighted by atomic mass is 9.90. The van der Waals surface area contributed by atoms with Gasteiger partial charge in [-0.05, 0) is 61.1 Å². The largest absolute Gasteiger partial charge is 0.309 e. The molecule has 0 saturated heterocycles. The molecule has 1 heteroatoms. The fourth-order valence-electron chi connectivity index (χ4n) is 4.06. The van der Waals surface area contributed by atoms with E-state index in [9.17, 15) is 0 Å². The number of aryl methyl sites for hydroxylation is 4. The van der Waals surface area contributed by atoms with Gasteiger partial charge in [-0.3, -0.25) is 0 Å². The molecule has 1 aliphatic heterocycles. The Balaban J connectivity index is 2.10. The van der Waals surface area contributed by atoms with Crippen molar-refractivity contribution in [2.75, 3.05) is 4.90 Å². The molecule has 3 aromatic rings. The van der Waals surface area contributed by atoms with E-state index in [0.717, 1.165) is 6.42 Å². The van der Waals surface area contributed by atoms with E-state index in [0.29, 0.717) is 0 Å². The zero-order valence-electron chi connectivity index (χ0n) is 14.9. The van der Waals surface area contributed by atoms with Crippen LogP contribution in [0.15, 0.2) is 54.6 Å². The van der Waals surface area contributed by atoms with Crippen molar-refractivity contribution in [1.82, 2.24) is 0 Å². The third-order valence-electron chi connectivity index (χ3n) is 5.13. The van der Waals surface area contributed by atoms with Crippen molar-refractivity contribution in [3.8, 4) is 0 Å².